The van der Waals surface area contributed by atoms with Crippen molar-refractivity contribution in [2.75, 3.05) is 37.8 Å². The van der Waals surface area contributed by atoms with Gasteiger partial charge in [-0.1, -0.05) is 24.3 Å². The first-order valence-corrected chi connectivity index (χ1v) is 12.3. The lowest BCUT2D eigenvalue weighted by atomic mass is 10.0. The molecule has 0 saturated carbocycles. The zero-order valence-electron chi connectivity index (χ0n) is 18.0. The lowest BCUT2D eigenvalue weighted by Crippen LogP contribution is -2.51. The van der Waals surface area contributed by atoms with Crippen molar-refractivity contribution < 1.29 is 8.42 Å². The second-order valence-electron chi connectivity index (χ2n) is 7.72. The Morgan fingerprint density at radius 2 is 1.97 bits per heavy atom. The number of anilines is 1. The average Bonchev–Trinajstić information content (AvgIpc) is 2.78. The molecule has 1 unspecified atom stereocenters. The topological polar surface area (TPSA) is 97.6 Å². The Labute approximate surface area is 184 Å². The standard InChI is InChI=1S/C23H29N5O2S/c1-25-23(26-14-13-18-9-11-21(12-10-18)31(2,29)30)27-20-7-5-15-28(17-20)22-8-4-3-6-19(22)16-24/h3-4,6,8-12,20H,5,7,13-15,17H2,1-2H3,(H2,25,26,27). The van der Waals surface area contributed by atoms with Crippen LogP contribution in [0.2, 0.25) is 0 Å². The predicted octanol–water partition coefficient (Wildman–Crippen LogP) is 2.34. The quantitative estimate of drug-likeness (QED) is 0.530. The summed E-state index contributed by atoms with van der Waals surface area (Å²) in [7, 11) is -1.42. The number of aliphatic imine (C=N–C) groups is 1. The number of nitriles is 1. The van der Waals surface area contributed by atoms with Crippen molar-refractivity contribution in [3.8, 4) is 6.07 Å². The van der Waals surface area contributed by atoms with E-state index < -0.39 is 9.84 Å². The molecule has 2 aromatic carbocycles. The lowest BCUT2D eigenvalue weighted by Gasteiger charge is -2.35. The van der Waals surface area contributed by atoms with Crippen molar-refractivity contribution in [2.45, 2.75) is 30.2 Å². The van der Waals surface area contributed by atoms with Crippen molar-refractivity contribution in [1.82, 2.24) is 10.6 Å². The largest absolute Gasteiger partial charge is 0.368 e. The Kier molecular flexibility index (Phi) is 7.53. The molecular weight excluding hydrogens is 410 g/mol. The Bertz CT molecular complexity index is 1060. The molecule has 0 amide bonds. The minimum absolute atomic E-state index is 0.237. The zero-order chi connectivity index (χ0) is 22.3. The smallest absolute Gasteiger partial charge is 0.191 e. The monoisotopic (exact) mass is 439 g/mol. The maximum absolute atomic E-state index is 11.6. The average molecular weight is 440 g/mol. The number of para-hydroxylation sites is 1. The van der Waals surface area contributed by atoms with Gasteiger partial charge in [0.2, 0.25) is 0 Å². The molecule has 8 heteroatoms. The summed E-state index contributed by atoms with van der Waals surface area (Å²) < 4.78 is 23.1. The first kappa shape index (κ1) is 22.6. The van der Waals surface area contributed by atoms with E-state index in [0.29, 0.717) is 17.0 Å². The maximum atomic E-state index is 11.6. The van der Waals surface area contributed by atoms with Crippen molar-refractivity contribution >= 4 is 21.5 Å². The highest BCUT2D eigenvalue weighted by atomic mass is 32.2. The maximum Gasteiger partial charge on any atom is 0.191 e. The number of piperidine rings is 1. The third kappa shape index (κ3) is 6.22. The van der Waals surface area contributed by atoms with Crippen molar-refractivity contribution in [2.24, 2.45) is 4.99 Å². The summed E-state index contributed by atoms with van der Waals surface area (Å²) in [4.78, 5) is 6.93. The van der Waals surface area contributed by atoms with E-state index in [-0.39, 0.29) is 6.04 Å². The molecule has 0 aliphatic carbocycles. The first-order chi connectivity index (χ1) is 14.9. The van der Waals surface area contributed by atoms with Gasteiger partial charge in [-0.2, -0.15) is 5.26 Å². The van der Waals surface area contributed by atoms with Gasteiger partial charge in [-0.25, -0.2) is 8.42 Å². The third-order valence-electron chi connectivity index (χ3n) is 5.41. The Morgan fingerprint density at radius 3 is 2.65 bits per heavy atom. The van der Waals surface area contributed by atoms with Crippen LogP contribution in [0.1, 0.15) is 24.0 Å². The number of guanidine groups is 1. The van der Waals surface area contributed by atoms with E-state index in [4.69, 9.17) is 0 Å². The van der Waals surface area contributed by atoms with Gasteiger partial charge in [0.1, 0.15) is 6.07 Å². The molecule has 0 spiro atoms. The summed E-state index contributed by atoms with van der Waals surface area (Å²) in [6, 6.07) is 17.2. The first-order valence-electron chi connectivity index (χ1n) is 10.4. The van der Waals surface area contributed by atoms with Crippen LogP contribution in [0.3, 0.4) is 0 Å². The molecule has 0 aromatic heterocycles. The Hall–Kier alpha value is -3.05. The minimum atomic E-state index is -3.17. The van der Waals surface area contributed by atoms with Gasteiger partial charge >= 0.3 is 0 Å². The molecule has 164 valence electrons. The van der Waals surface area contributed by atoms with Crippen LogP contribution in [0.5, 0.6) is 0 Å². The molecule has 1 fully saturated rings. The summed E-state index contributed by atoms with van der Waals surface area (Å²) in [6.07, 6.45) is 4.06. The second kappa shape index (κ2) is 10.3. The Balaban J connectivity index is 1.52. The van der Waals surface area contributed by atoms with Crippen molar-refractivity contribution in [3.63, 3.8) is 0 Å². The molecule has 1 aliphatic rings. The number of rotatable bonds is 6. The molecular formula is C23H29N5O2S. The lowest BCUT2D eigenvalue weighted by molar-refractivity contribution is 0.468. The van der Waals surface area contributed by atoms with Crippen LogP contribution < -0.4 is 15.5 Å². The third-order valence-corrected chi connectivity index (χ3v) is 6.54. The Morgan fingerprint density at radius 1 is 1.23 bits per heavy atom. The number of nitrogens with zero attached hydrogens (tertiary/aromatic N) is 3. The van der Waals surface area contributed by atoms with E-state index >= 15 is 0 Å². The van der Waals surface area contributed by atoms with E-state index in [1.54, 1.807) is 19.2 Å². The van der Waals surface area contributed by atoms with E-state index in [1.807, 2.05) is 36.4 Å². The highest BCUT2D eigenvalue weighted by Gasteiger charge is 2.22. The second-order valence-corrected chi connectivity index (χ2v) is 9.74. The molecule has 0 bridgehead atoms. The van der Waals surface area contributed by atoms with Crippen molar-refractivity contribution in [1.29, 1.82) is 5.26 Å². The fourth-order valence-corrected chi connectivity index (χ4v) is 4.40. The highest BCUT2D eigenvalue weighted by Crippen LogP contribution is 2.23. The number of hydrogen-bond acceptors (Lipinski definition) is 5. The summed E-state index contributed by atoms with van der Waals surface area (Å²) in [6.45, 7) is 2.43. The molecule has 31 heavy (non-hydrogen) atoms. The van der Waals surface area contributed by atoms with Gasteiger partial charge in [0, 0.05) is 39.0 Å². The molecule has 7 nitrogen and oxygen atoms in total. The molecule has 1 aliphatic heterocycles. The van der Waals surface area contributed by atoms with Crippen LogP contribution >= 0.6 is 0 Å². The number of sulfone groups is 1. The molecule has 1 atom stereocenters. The van der Waals surface area contributed by atoms with Gasteiger partial charge in [-0.05, 0) is 49.1 Å². The molecule has 2 aromatic rings. The normalized spacial score (nSPS) is 17.1. The van der Waals surface area contributed by atoms with Crippen LogP contribution in [0.15, 0.2) is 58.4 Å². The fourth-order valence-electron chi connectivity index (χ4n) is 3.77. The molecule has 2 N–H and O–H groups in total. The number of hydrogen-bond donors (Lipinski definition) is 2. The van der Waals surface area contributed by atoms with E-state index in [9.17, 15) is 13.7 Å². The highest BCUT2D eigenvalue weighted by molar-refractivity contribution is 7.90. The summed E-state index contributed by atoms with van der Waals surface area (Å²) in [5, 5.41) is 16.2. The van der Waals surface area contributed by atoms with Gasteiger partial charge in [0.05, 0.1) is 16.1 Å². The number of nitrogens with one attached hydrogen (secondary N) is 2. The van der Waals surface area contributed by atoms with Gasteiger partial charge in [0.25, 0.3) is 0 Å². The summed E-state index contributed by atoms with van der Waals surface area (Å²) >= 11 is 0. The minimum Gasteiger partial charge on any atom is -0.368 e. The van der Waals surface area contributed by atoms with Gasteiger partial charge in [-0.15, -0.1) is 0 Å². The van der Waals surface area contributed by atoms with Gasteiger partial charge < -0.3 is 15.5 Å². The molecule has 1 heterocycles. The van der Waals surface area contributed by atoms with Crippen molar-refractivity contribution in [3.05, 3.63) is 59.7 Å². The van der Waals surface area contributed by atoms with E-state index in [0.717, 1.165) is 49.6 Å². The summed E-state index contributed by atoms with van der Waals surface area (Å²) in [5.74, 6) is 0.744. The molecule has 0 radical (unpaired) electrons. The van der Waals surface area contributed by atoms with Crippen LogP contribution in [-0.4, -0.2) is 53.4 Å². The summed E-state index contributed by atoms with van der Waals surface area (Å²) in [5.41, 5.74) is 2.75. The SMILES string of the molecule is CN=C(NCCc1ccc(S(C)(=O)=O)cc1)NC1CCCN(c2ccccc2C#N)C1. The molecule has 1 saturated heterocycles. The zero-order valence-corrected chi connectivity index (χ0v) is 18.8. The van der Waals surface area contributed by atoms with Crippen LogP contribution in [-0.2, 0) is 16.3 Å². The van der Waals surface area contributed by atoms with Crippen LogP contribution in [0.4, 0.5) is 5.69 Å². The van der Waals surface area contributed by atoms with E-state index in [2.05, 4.69) is 26.6 Å². The van der Waals surface area contributed by atoms with Gasteiger partial charge in [0.15, 0.2) is 15.8 Å². The van der Waals surface area contributed by atoms with E-state index in [1.165, 1.54) is 6.26 Å². The number of benzene rings is 2. The van der Waals surface area contributed by atoms with Gasteiger partial charge in [-0.3, -0.25) is 4.99 Å². The molecule has 3 rings (SSSR count). The van der Waals surface area contributed by atoms with Crippen LogP contribution in [0, 0.1) is 11.3 Å². The van der Waals surface area contributed by atoms with Crippen LogP contribution in [0.25, 0.3) is 0 Å². The predicted molar refractivity (Wildman–Crippen MR) is 124 cm³/mol. The fraction of sp³-hybridized carbons (Fsp3) is 0.391.